The summed E-state index contributed by atoms with van der Waals surface area (Å²) < 4.78 is 2.39. The van der Waals surface area contributed by atoms with E-state index in [9.17, 15) is 0 Å². The Morgan fingerprint density at radius 1 is 1.32 bits per heavy atom. The summed E-state index contributed by atoms with van der Waals surface area (Å²) in [6.45, 7) is 4.34. The fraction of sp³-hybridized carbons (Fsp3) is 0.500. The van der Waals surface area contributed by atoms with E-state index in [2.05, 4.69) is 47.3 Å². The van der Waals surface area contributed by atoms with Crippen LogP contribution in [0, 0.1) is 0 Å². The molecule has 2 nitrogen and oxygen atoms in total. The minimum absolute atomic E-state index is 0.776. The van der Waals surface area contributed by atoms with Crippen molar-refractivity contribution < 1.29 is 0 Å². The monoisotopic (exact) mass is 274 g/mol. The van der Waals surface area contributed by atoms with Gasteiger partial charge in [0.25, 0.3) is 0 Å². The van der Waals surface area contributed by atoms with Gasteiger partial charge in [-0.2, -0.15) is 11.8 Å². The summed E-state index contributed by atoms with van der Waals surface area (Å²) in [7, 11) is 0. The van der Waals surface area contributed by atoms with Crippen molar-refractivity contribution in [3.63, 3.8) is 0 Å². The van der Waals surface area contributed by atoms with Crippen LogP contribution in [0.1, 0.15) is 25.3 Å². The van der Waals surface area contributed by atoms with Crippen molar-refractivity contribution in [3.05, 3.63) is 36.0 Å². The normalized spacial score (nSPS) is 15.2. The lowest BCUT2D eigenvalue weighted by Crippen LogP contribution is -2.15. The zero-order chi connectivity index (χ0) is 13.1. The third-order valence-electron chi connectivity index (χ3n) is 3.74. The third kappa shape index (κ3) is 3.15. The van der Waals surface area contributed by atoms with Crippen molar-refractivity contribution in [2.24, 2.45) is 0 Å². The molecule has 0 saturated heterocycles. The van der Waals surface area contributed by atoms with Crippen LogP contribution in [-0.2, 0) is 13.1 Å². The quantitative estimate of drug-likeness (QED) is 0.776. The molecule has 0 aliphatic heterocycles. The van der Waals surface area contributed by atoms with Gasteiger partial charge in [0.05, 0.1) is 0 Å². The Morgan fingerprint density at radius 3 is 3.00 bits per heavy atom. The van der Waals surface area contributed by atoms with Gasteiger partial charge in [-0.05, 0) is 36.3 Å². The van der Waals surface area contributed by atoms with Crippen LogP contribution in [0.25, 0.3) is 10.9 Å². The molecule has 0 spiro atoms. The first-order valence-electron chi connectivity index (χ1n) is 7.26. The minimum atomic E-state index is 0.776. The maximum absolute atomic E-state index is 3.61. The molecule has 1 heterocycles. The van der Waals surface area contributed by atoms with Gasteiger partial charge in [-0.15, -0.1) is 0 Å². The standard InChI is InChI=1S/C16H22N2S/c1-2-19-11-10-18-9-8-15-13(4-3-5-16(15)18)12-17-14-6-7-14/h3-5,8-9,14,17H,2,6-7,10-12H2,1H3. The van der Waals surface area contributed by atoms with Crippen LogP contribution < -0.4 is 5.32 Å². The van der Waals surface area contributed by atoms with Crippen molar-refractivity contribution in [1.82, 2.24) is 9.88 Å². The molecule has 2 aromatic rings. The van der Waals surface area contributed by atoms with E-state index in [-0.39, 0.29) is 0 Å². The highest BCUT2D eigenvalue weighted by molar-refractivity contribution is 7.99. The first-order valence-corrected chi connectivity index (χ1v) is 8.42. The molecule has 1 aliphatic rings. The average molecular weight is 274 g/mol. The van der Waals surface area contributed by atoms with Crippen LogP contribution >= 0.6 is 11.8 Å². The number of hydrogen-bond acceptors (Lipinski definition) is 2. The summed E-state index contributed by atoms with van der Waals surface area (Å²) in [5, 5.41) is 5.03. The molecule has 0 bridgehead atoms. The summed E-state index contributed by atoms with van der Waals surface area (Å²) in [5.41, 5.74) is 2.82. The Hall–Kier alpha value is -0.930. The predicted octanol–water partition coefficient (Wildman–Crippen LogP) is 3.65. The van der Waals surface area contributed by atoms with Gasteiger partial charge in [-0.25, -0.2) is 0 Å². The molecule has 1 N–H and O–H groups in total. The fourth-order valence-electron chi connectivity index (χ4n) is 2.49. The molecule has 0 unspecified atom stereocenters. The van der Waals surface area contributed by atoms with Gasteiger partial charge < -0.3 is 9.88 Å². The van der Waals surface area contributed by atoms with Crippen molar-refractivity contribution in [2.75, 3.05) is 11.5 Å². The Morgan fingerprint density at radius 2 is 2.21 bits per heavy atom. The van der Waals surface area contributed by atoms with E-state index in [0.29, 0.717) is 0 Å². The second-order valence-electron chi connectivity index (χ2n) is 5.21. The maximum Gasteiger partial charge on any atom is 0.0483 e. The molecule has 0 amide bonds. The molecular weight excluding hydrogens is 252 g/mol. The van der Waals surface area contributed by atoms with Crippen molar-refractivity contribution in [1.29, 1.82) is 0 Å². The number of nitrogens with one attached hydrogen (secondary N) is 1. The minimum Gasteiger partial charge on any atom is -0.347 e. The van der Waals surface area contributed by atoms with E-state index in [0.717, 1.165) is 19.1 Å². The summed E-state index contributed by atoms with van der Waals surface area (Å²) in [5.74, 6) is 2.40. The summed E-state index contributed by atoms with van der Waals surface area (Å²) >= 11 is 2.01. The number of hydrogen-bond donors (Lipinski definition) is 1. The molecule has 1 aliphatic carbocycles. The van der Waals surface area contributed by atoms with Crippen molar-refractivity contribution >= 4 is 22.7 Å². The highest BCUT2D eigenvalue weighted by atomic mass is 32.2. The van der Waals surface area contributed by atoms with Crippen LogP contribution in [0.2, 0.25) is 0 Å². The van der Waals surface area contributed by atoms with Crippen molar-refractivity contribution in [2.45, 2.75) is 38.9 Å². The summed E-state index contributed by atoms with van der Waals surface area (Å²) in [6.07, 6.45) is 4.94. The van der Waals surface area contributed by atoms with Crippen LogP contribution in [0.15, 0.2) is 30.5 Å². The molecule has 1 saturated carbocycles. The molecule has 19 heavy (non-hydrogen) atoms. The molecule has 1 aromatic heterocycles. The van der Waals surface area contributed by atoms with E-state index in [1.807, 2.05) is 11.8 Å². The average Bonchev–Trinajstić information content (AvgIpc) is 3.17. The molecule has 3 heteroatoms. The number of fused-ring (bicyclic) bond motifs is 1. The molecule has 3 rings (SSSR count). The van der Waals surface area contributed by atoms with E-state index in [1.54, 1.807) is 0 Å². The topological polar surface area (TPSA) is 17.0 Å². The number of rotatable bonds is 7. The first kappa shape index (κ1) is 13.1. The Labute approximate surface area is 119 Å². The highest BCUT2D eigenvalue weighted by Gasteiger charge is 2.20. The van der Waals surface area contributed by atoms with E-state index >= 15 is 0 Å². The number of benzene rings is 1. The number of thioether (sulfide) groups is 1. The summed E-state index contributed by atoms with van der Waals surface area (Å²) in [4.78, 5) is 0. The lowest BCUT2D eigenvalue weighted by atomic mass is 10.1. The molecule has 0 atom stereocenters. The lowest BCUT2D eigenvalue weighted by Gasteiger charge is -2.07. The highest BCUT2D eigenvalue weighted by Crippen LogP contribution is 2.23. The molecule has 1 fully saturated rings. The Kier molecular flexibility index (Phi) is 4.14. The molecule has 1 aromatic carbocycles. The van der Waals surface area contributed by atoms with E-state index in [1.165, 1.54) is 40.8 Å². The number of nitrogens with zero attached hydrogens (tertiary/aromatic N) is 1. The smallest absolute Gasteiger partial charge is 0.0483 e. The predicted molar refractivity (Wildman–Crippen MR) is 84.8 cm³/mol. The number of aromatic nitrogens is 1. The number of aryl methyl sites for hydroxylation is 1. The van der Waals surface area contributed by atoms with Gasteiger partial charge in [0, 0.05) is 42.0 Å². The third-order valence-corrected chi connectivity index (χ3v) is 4.62. The van der Waals surface area contributed by atoms with Gasteiger partial charge in [-0.1, -0.05) is 19.1 Å². The second-order valence-corrected chi connectivity index (χ2v) is 6.61. The van der Waals surface area contributed by atoms with Gasteiger partial charge in [0.1, 0.15) is 0 Å². The molecule has 0 radical (unpaired) electrons. The van der Waals surface area contributed by atoms with E-state index < -0.39 is 0 Å². The van der Waals surface area contributed by atoms with Gasteiger partial charge >= 0.3 is 0 Å². The van der Waals surface area contributed by atoms with Crippen molar-refractivity contribution in [3.8, 4) is 0 Å². The lowest BCUT2D eigenvalue weighted by molar-refractivity contribution is 0.691. The van der Waals surface area contributed by atoms with Gasteiger partial charge in [-0.3, -0.25) is 0 Å². The fourth-order valence-corrected chi connectivity index (χ4v) is 3.10. The zero-order valence-corrected chi connectivity index (χ0v) is 12.4. The SMILES string of the molecule is CCSCCn1ccc2c(CNC3CC3)cccc21. The second kappa shape index (κ2) is 6.02. The molecule has 102 valence electrons. The Balaban J connectivity index is 1.76. The van der Waals surface area contributed by atoms with Gasteiger partial charge in [0.15, 0.2) is 0 Å². The van der Waals surface area contributed by atoms with Crippen LogP contribution in [0.4, 0.5) is 0 Å². The molecular formula is C16H22N2S. The van der Waals surface area contributed by atoms with Crippen LogP contribution in [0.5, 0.6) is 0 Å². The largest absolute Gasteiger partial charge is 0.347 e. The van der Waals surface area contributed by atoms with Gasteiger partial charge in [0.2, 0.25) is 0 Å². The zero-order valence-electron chi connectivity index (χ0n) is 11.6. The van der Waals surface area contributed by atoms with Crippen LogP contribution in [-0.4, -0.2) is 22.1 Å². The maximum atomic E-state index is 3.61. The summed E-state index contributed by atoms with van der Waals surface area (Å²) in [6, 6.07) is 9.74. The van der Waals surface area contributed by atoms with E-state index in [4.69, 9.17) is 0 Å². The van der Waals surface area contributed by atoms with Crippen LogP contribution in [0.3, 0.4) is 0 Å². The first-order chi connectivity index (χ1) is 9.38. The Bertz CT molecular complexity index is 543.